The summed E-state index contributed by atoms with van der Waals surface area (Å²) in [6.07, 6.45) is -0.799. The van der Waals surface area contributed by atoms with E-state index in [2.05, 4.69) is 25.9 Å². The maximum Gasteiger partial charge on any atom is 0.326 e. The van der Waals surface area contributed by atoms with E-state index in [0.29, 0.717) is 5.82 Å². The molecule has 1 aliphatic heterocycles. The molecule has 1 aromatic heterocycles. The van der Waals surface area contributed by atoms with Crippen LogP contribution < -0.4 is 5.32 Å². The molecule has 1 saturated heterocycles. The molecule has 1 fully saturated rings. The van der Waals surface area contributed by atoms with Gasteiger partial charge < -0.3 is 20.4 Å². The van der Waals surface area contributed by atoms with Gasteiger partial charge in [-0.15, -0.1) is 10.2 Å². The Morgan fingerprint density at radius 3 is 2.89 bits per heavy atom. The number of aromatic amines is 1. The van der Waals surface area contributed by atoms with Gasteiger partial charge in [-0.1, -0.05) is 5.21 Å². The average Bonchev–Trinajstić information content (AvgIpc) is 2.96. The highest BCUT2D eigenvalue weighted by molar-refractivity contribution is 5.83. The van der Waals surface area contributed by atoms with Crippen molar-refractivity contribution in [3.8, 4) is 0 Å². The molecule has 4 N–H and O–H groups in total. The van der Waals surface area contributed by atoms with Crippen LogP contribution in [0.2, 0.25) is 0 Å². The van der Waals surface area contributed by atoms with E-state index in [9.17, 15) is 14.7 Å². The molecule has 2 amide bonds. The van der Waals surface area contributed by atoms with E-state index in [1.807, 2.05) is 0 Å². The van der Waals surface area contributed by atoms with Gasteiger partial charge in [0.2, 0.25) is 0 Å². The van der Waals surface area contributed by atoms with Gasteiger partial charge >= 0.3 is 12.0 Å². The number of likely N-dealkylation sites (tertiary alicyclic amines) is 1. The van der Waals surface area contributed by atoms with Crippen LogP contribution in [-0.4, -0.2) is 66.4 Å². The second-order valence-corrected chi connectivity index (χ2v) is 4.34. The summed E-state index contributed by atoms with van der Waals surface area (Å²) >= 11 is 0. The molecule has 104 valence electrons. The summed E-state index contributed by atoms with van der Waals surface area (Å²) in [6.45, 7) is 1.63. The topological polar surface area (TPSA) is 144 Å². The molecule has 2 unspecified atom stereocenters. The first-order chi connectivity index (χ1) is 8.99. The Hall–Kier alpha value is -2.23. The monoisotopic (exact) mass is 270 g/mol. The Balaban J connectivity index is 2.01. The number of H-pyrrole nitrogens is 1. The number of carbonyl (C=O) groups excluding carboxylic acids is 1. The number of carbonyl (C=O) groups is 2. The van der Waals surface area contributed by atoms with E-state index in [1.165, 1.54) is 0 Å². The highest BCUT2D eigenvalue weighted by Crippen LogP contribution is 2.19. The molecule has 2 rings (SSSR count). The SMILES string of the molecule is CC(NC(=O)N1CC(O)C[C@H]1C(=O)O)c1nn[nH]n1. The molecule has 0 spiro atoms. The van der Waals surface area contributed by atoms with Crippen molar-refractivity contribution >= 4 is 12.0 Å². The fourth-order valence-corrected chi connectivity index (χ4v) is 1.96. The minimum Gasteiger partial charge on any atom is -0.480 e. The summed E-state index contributed by atoms with van der Waals surface area (Å²) < 4.78 is 0. The summed E-state index contributed by atoms with van der Waals surface area (Å²) in [7, 11) is 0. The molecule has 10 nitrogen and oxygen atoms in total. The number of β-amino-alcohol motifs (C(OH)–C–C–N with tert-alkyl or cyclic N) is 1. The van der Waals surface area contributed by atoms with E-state index in [4.69, 9.17) is 5.11 Å². The van der Waals surface area contributed by atoms with Crippen LogP contribution in [0.1, 0.15) is 25.2 Å². The summed E-state index contributed by atoms with van der Waals surface area (Å²) in [5, 5.41) is 34.1. The van der Waals surface area contributed by atoms with Crippen molar-refractivity contribution in [2.24, 2.45) is 0 Å². The fourth-order valence-electron chi connectivity index (χ4n) is 1.96. The number of carboxylic acids is 1. The van der Waals surface area contributed by atoms with Gasteiger partial charge in [-0.05, 0) is 6.92 Å². The number of aliphatic hydroxyl groups excluding tert-OH is 1. The van der Waals surface area contributed by atoms with Crippen molar-refractivity contribution in [3.05, 3.63) is 5.82 Å². The number of amides is 2. The Kier molecular flexibility index (Phi) is 3.60. The number of urea groups is 1. The molecule has 10 heteroatoms. The minimum absolute atomic E-state index is 0.0121. The number of hydrogen-bond acceptors (Lipinski definition) is 6. The van der Waals surface area contributed by atoms with Crippen molar-refractivity contribution in [2.75, 3.05) is 6.54 Å². The van der Waals surface area contributed by atoms with Crippen LogP contribution in [0.3, 0.4) is 0 Å². The molecule has 2 heterocycles. The zero-order valence-corrected chi connectivity index (χ0v) is 10.1. The van der Waals surface area contributed by atoms with Gasteiger partial charge in [0.15, 0.2) is 5.82 Å². The van der Waals surface area contributed by atoms with E-state index >= 15 is 0 Å². The van der Waals surface area contributed by atoms with Crippen molar-refractivity contribution < 1.29 is 19.8 Å². The van der Waals surface area contributed by atoms with Gasteiger partial charge in [0.1, 0.15) is 6.04 Å². The van der Waals surface area contributed by atoms with Crippen LogP contribution in [0.25, 0.3) is 0 Å². The smallest absolute Gasteiger partial charge is 0.326 e. The molecule has 1 aromatic rings. The maximum absolute atomic E-state index is 12.0. The highest BCUT2D eigenvalue weighted by atomic mass is 16.4. The van der Waals surface area contributed by atoms with Crippen molar-refractivity contribution in [2.45, 2.75) is 31.5 Å². The number of aromatic nitrogens is 4. The Bertz CT molecular complexity index is 463. The summed E-state index contributed by atoms with van der Waals surface area (Å²) in [5.74, 6) is -0.848. The largest absolute Gasteiger partial charge is 0.480 e. The molecule has 0 radical (unpaired) electrons. The number of nitrogens with zero attached hydrogens (tertiary/aromatic N) is 4. The number of nitrogens with one attached hydrogen (secondary N) is 2. The van der Waals surface area contributed by atoms with Crippen LogP contribution in [0.5, 0.6) is 0 Å². The highest BCUT2D eigenvalue weighted by Gasteiger charge is 2.39. The van der Waals surface area contributed by atoms with E-state index in [1.54, 1.807) is 6.92 Å². The van der Waals surface area contributed by atoms with Crippen molar-refractivity contribution in [1.82, 2.24) is 30.8 Å². The zero-order chi connectivity index (χ0) is 14.0. The third kappa shape index (κ3) is 2.78. The summed E-state index contributed by atoms with van der Waals surface area (Å²) in [6, 6.07) is -2.12. The maximum atomic E-state index is 12.0. The van der Waals surface area contributed by atoms with Gasteiger partial charge in [0.05, 0.1) is 12.1 Å². The van der Waals surface area contributed by atoms with Crippen LogP contribution in [-0.2, 0) is 4.79 Å². The number of carboxylic acid groups (broad SMARTS) is 1. The van der Waals surface area contributed by atoms with Gasteiger partial charge in [-0.2, -0.15) is 5.21 Å². The first-order valence-corrected chi connectivity index (χ1v) is 5.70. The second kappa shape index (κ2) is 5.18. The first-order valence-electron chi connectivity index (χ1n) is 5.70. The number of aliphatic hydroxyl groups is 1. The zero-order valence-electron chi connectivity index (χ0n) is 10.1. The molecular weight excluding hydrogens is 256 g/mol. The Morgan fingerprint density at radius 2 is 2.32 bits per heavy atom. The molecule has 0 saturated carbocycles. The molecule has 1 aliphatic rings. The molecule has 3 atom stereocenters. The van der Waals surface area contributed by atoms with Gasteiger partial charge in [0, 0.05) is 13.0 Å². The molecular formula is C9H14N6O4. The second-order valence-electron chi connectivity index (χ2n) is 4.34. The lowest BCUT2D eigenvalue weighted by Crippen LogP contribution is -2.46. The fraction of sp³-hybridized carbons (Fsp3) is 0.667. The van der Waals surface area contributed by atoms with E-state index in [-0.39, 0.29) is 13.0 Å². The van der Waals surface area contributed by atoms with Gasteiger partial charge in [-0.3, -0.25) is 0 Å². The lowest BCUT2D eigenvalue weighted by Gasteiger charge is -2.23. The number of hydrogen-bond donors (Lipinski definition) is 4. The lowest BCUT2D eigenvalue weighted by molar-refractivity contribution is -0.141. The van der Waals surface area contributed by atoms with Crippen LogP contribution in [0.4, 0.5) is 4.79 Å². The van der Waals surface area contributed by atoms with Gasteiger partial charge in [0.25, 0.3) is 0 Å². The Morgan fingerprint density at radius 1 is 1.58 bits per heavy atom. The quantitative estimate of drug-likeness (QED) is 0.522. The molecule has 19 heavy (non-hydrogen) atoms. The van der Waals surface area contributed by atoms with Crippen molar-refractivity contribution in [3.63, 3.8) is 0 Å². The van der Waals surface area contributed by atoms with Crippen LogP contribution in [0, 0.1) is 0 Å². The number of aliphatic carboxylic acids is 1. The first kappa shape index (κ1) is 13.2. The molecule has 0 bridgehead atoms. The predicted octanol–water partition coefficient (Wildman–Crippen LogP) is -1.51. The van der Waals surface area contributed by atoms with E-state index in [0.717, 1.165) is 4.90 Å². The van der Waals surface area contributed by atoms with Crippen molar-refractivity contribution in [1.29, 1.82) is 0 Å². The third-order valence-electron chi connectivity index (χ3n) is 2.91. The average molecular weight is 270 g/mol. The standard InChI is InChI=1S/C9H14N6O4/c1-4(7-11-13-14-12-7)10-9(19)15-3-5(16)2-6(15)8(17)18/h4-6,16H,2-3H2,1H3,(H,10,19)(H,17,18)(H,11,12,13,14)/t4?,5?,6-/m0/s1. The van der Waals surface area contributed by atoms with Crippen LogP contribution >= 0.6 is 0 Å². The normalized spacial score (nSPS) is 24.2. The lowest BCUT2D eigenvalue weighted by atomic mass is 10.2. The van der Waals surface area contributed by atoms with Gasteiger partial charge in [-0.25, -0.2) is 9.59 Å². The number of rotatable bonds is 3. The third-order valence-corrected chi connectivity index (χ3v) is 2.91. The minimum atomic E-state index is -1.14. The van der Waals surface area contributed by atoms with Crippen LogP contribution in [0.15, 0.2) is 0 Å². The molecule has 0 aromatic carbocycles. The number of tetrazole rings is 1. The Labute approximate surface area is 107 Å². The predicted molar refractivity (Wildman–Crippen MR) is 59.9 cm³/mol. The summed E-state index contributed by atoms with van der Waals surface area (Å²) in [4.78, 5) is 24.1. The van der Waals surface area contributed by atoms with E-state index < -0.39 is 30.2 Å². The molecule has 0 aliphatic carbocycles. The summed E-state index contributed by atoms with van der Waals surface area (Å²) in [5.41, 5.74) is 0.